The number of anilines is 3. The van der Waals surface area contributed by atoms with Gasteiger partial charge in [-0.05, 0) is 36.4 Å². The number of nitrogens with one attached hydrogen (secondary N) is 2. The molecule has 1 aliphatic rings. The van der Waals surface area contributed by atoms with Gasteiger partial charge < -0.3 is 10.6 Å². The first-order valence-electron chi connectivity index (χ1n) is 8.66. The van der Waals surface area contributed by atoms with E-state index in [0.717, 1.165) is 17.1 Å². The van der Waals surface area contributed by atoms with Gasteiger partial charge in [0.15, 0.2) is 0 Å². The van der Waals surface area contributed by atoms with Gasteiger partial charge in [-0.3, -0.25) is 9.69 Å². The van der Waals surface area contributed by atoms with E-state index in [1.54, 1.807) is 4.90 Å². The smallest absolute Gasteiger partial charge is 0.278 e. The molecule has 3 aromatic rings. The van der Waals surface area contributed by atoms with Gasteiger partial charge >= 0.3 is 0 Å². The van der Waals surface area contributed by atoms with Crippen LogP contribution in [-0.2, 0) is 4.79 Å². The van der Waals surface area contributed by atoms with E-state index in [9.17, 15) is 4.79 Å². The number of carbonyl (C=O) groups excluding carboxylic acids is 1. The van der Waals surface area contributed by atoms with Crippen molar-refractivity contribution in [3.05, 3.63) is 102 Å². The van der Waals surface area contributed by atoms with E-state index in [-0.39, 0.29) is 5.91 Å². The molecule has 1 atom stereocenters. The van der Waals surface area contributed by atoms with E-state index in [4.69, 9.17) is 11.6 Å². The highest BCUT2D eigenvalue weighted by atomic mass is 35.5. The fourth-order valence-electron chi connectivity index (χ4n) is 3.04. The summed E-state index contributed by atoms with van der Waals surface area (Å²) in [6.07, 6.45) is -0.491. The number of halogens is 1. The van der Waals surface area contributed by atoms with Crippen LogP contribution in [-0.4, -0.2) is 12.1 Å². The van der Waals surface area contributed by atoms with Gasteiger partial charge in [0.2, 0.25) is 0 Å². The van der Waals surface area contributed by atoms with Crippen LogP contribution in [0.4, 0.5) is 17.1 Å². The summed E-state index contributed by atoms with van der Waals surface area (Å²) < 4.78 is 0. The van der Waals surface area contributed by atoms with Crippen LogP contribution in [0.3, 0.4) is 0 Å². The molecule has 0 aliphatic carbocycles. The van der Waals surface area contributed by atoms with E-state index in [1.807, 2.05) is 91.0 Å². The van der Waals surface area contributed by atoms with Crippen LogP contribution in [0.1, 0.15) is 0 Å². The molecule has 1 unspecified atom stereocenters. The minimum atomic E-state index is -0.491. The lowest BCUT2D eigenvalue weighted by Gasteiger charge is -2.27. The third kappa shape index (κ3) is 3.52. The van der Waals surface area contributed by atoms with Gasteiger partial charge in [0.05, 0.1) is 5.03 Å². The lowest BCUT2D eigenvalue weighted by Crippen LogP contribution is -2.40. The maximum atomic E-state index is 13.2. The zero-order chi connectivity index (χ0) is 18.6. The first-order chi connectivity index (χ1) is 13.2. The van der Waals surface area contributed by atoms with Gasteiger partial charge in [0, 0.05) is 17.1 Å². The van der Waals surface area contributed by atoms with Crippen molar-refractivity contribution in [2.75, 3.05) is 15.5 Å². The summed E-state index contributed by atoms with van der Waals surface area (Å²) in [7, 11) is 0. The molecule has 2 N–H and O–H groups in total. The monoisotopic (exact) mass is 375 g/mol. The molecule has 1 heterocycles. The Hall–Kier alpha value is -3.24. The highest BCUT2D eigenvalue weighted by Crippen LogP contribution is 2.34. The number of amides is 1. The van der Waals surface area contributed by atoms with Crippen LogP contribution in [0, 0.1) is 0 Å². The molecule has 134 valence electrons. The molecule has 5 heteroatoms. The number of hydrogen-bond donors (Lipinski definition) is 2. The molecular weight excluding hydrogens is 358 g/mol. The van der Waals surface area contributed by atoms with Crippen LogP contribution in [0.15, 0.2) is 102 Å². The fraction of sp³-hybridized carbons (Fsp3) is 0.0455. The molecule has 3 aromatic carbocycles. The van der Waals surface area contributed by atoms with Crippen LogP contribution in [0.2, 0.25) is 0 Å². The lowest BCUT2D eigenvalue weighted by atomic mass is 10.2. The Labute approximate surface area is 163 Å². The summed E-state index contributed by atoms with van der Waals surface area (Å²) in [6, 6.07) is 28.8. The molecule has 0 aromatic heterocycles. The molecule has 27 heavy (non-hydrogen) atoms. The Balaban J connectivity index is 1.71. The van der Waals surface area contributed by atoms with Crippen LogP contribution >= 0.6 is 11.6 Å². The first kappa shape index (κ1) is 17.2. The Morgan fingerprint density at radius 1 is 0.741 bits per heavy atom. The predicted molar refractivity (Wildman–Crippen MR) is 111 cm³/mol. The maximum absolute atomic E-state index is 13.2. The third-order valence-electron chi connectivity index (χ3n) is 4.32. The van der Waals surface area contributed by atoms with Gasteiger partial charge in [-0.2, -0.15) is 0 Å². The highest BCUT2D eigenvalue weighted by Gasteiger charge is 2.39. The lowest BCUT2D eigenvalue weighted by molar-refractivity contribution is -0.114. The van der Waals surface area contributed by atoms with Gasteiger partial charge in [0.1, 0.15) is 11.9 Å². The number of para-hydroxylation sites is 3. The van der Waals surface area contributed by atoms with Crippen molar-refractivity contribution < 1.29 is 4.79 Å². The van der Waals surface area contributed by atoms with E-state index < -0.39 is 6.17 Å². The molecule has 4 rings (SSSR count). The van der Waals surface area contributed by atoms with E-state index in [0.29, 0.717) is 10.7 Å². The summed E-state index contributed by atoms with van der Waals surface area (Å²) in [4.78, 5) is 14.9. The molecule has 0 radical (unpaired) electrons. The van der Waals surface area contributed by atoms with Crippen LogP contribution < -0.4 is 15.5 Å². The van der Waals surface area contributed by atoms with E-state index >= 15 is 0 Å². The minimum absolute atomic E-state index is 0.177. The molecule has 0 saturated carbocycles. The third-order valence-corrected chi connectivity index (χ3v) is 4.72. The molecule has 4 nitrogen and oxygen atoms in total. The van der Waals surface area contributed by atoms with Crippen molar-refractivity contribution >= 4 is 34.6 Å². The number of rotatable bonds is 5. The SMILES string of the molecule is O=C1C(Nc2ccccc2)=C(Cl)C(Nc2ccccc2)N1c1ccccc1. The topological polar surface area (TPSA) is 44.4 Å². The van der Waals surface area contributed by atoms with E-state index in [1.165, 1.54) is 0 Å². The van der Waals surface area contributed by atoms with Gasteiger partial charge in [-0.15, -0.1) is 0 Å². The molecule has 1 amide bonds. The van der Waals surface area contributed by atoms with Crippen molar-refractivity contribution in [1.82, 2.24) is 0 Å². The zero-order valence-corrected chi connectivity index (χ0v) is 15.2. The predicted octanol–water partition coefficient (Wildman–Crippen LogP) is 5.03. The van der Waals surface area contributed by atoms with E-state index in [2.05, 4.69) is 10.6 Å². The maximum Gasteiger partial charge on any atom is 0.278 e. The van der Waals surface area contributed by atoms with Gasteiger partial charge in [0.25, 0.3) is 5.91 Å². The molecule has 1 aliphatic heterocycles. The summed E-state index contributed by atoms with van der Waals surface area (Å²) in [5, 5.41) is 6.96. The highest BCUT2D eigenvalue weighted by molar-refractivity contribution is 6.36. The molecule has 0 spiro atoms. The Kier molecular flexibility index (Phi) is 4.81. The van der Waals surface area contributed by atoms with Crippen molar-refractivity contribution in [1.29, 1.82) is 0 Å². The molecule has 0 saturated heterocycles. The summed E-state index contributed by atoms with van der Waals surface area (Å²) in [6.45, 7) is 0. The Morgan fingerprint density at radius 2 is 1.26 bits per heavy atom. The average molecular weight is 376 g/mol. The van der Waals surface area contributed by atoms with Crippen molar-refractivity contribution in [3.63, 3.8) is 0 Å². The largest absolute Gasteiger partial charge is 0.360 e. The quantitative estimate of drug-likeness (QED) is 0.657. The number of nitrogens with zero attached hydrogens (tertiary/aromatic N) is 1. The Bertz CT molecular complexity index is 959. The molecular formula is C22H18ClN3O. The second-order valence-corrected chi connectivity index (χ2v) is 6.54. The average Bonchev–Trinajstić information content (AvgIpc) is 2.94. The number of carbonyl (C=O) groups is 1. The van der Waals surface area contributed by atoms with Gasteiger partial charge in [-0.1, -0.05) is 66.2 Å². The summed E-state index contributed by atoms with van der Waals surface area (Å²) in [5.74, 6) is -0.177. The Morgan fingerprint density at radius 3 is 1.85 bits per heavy atom. The minimum Gasteiger partial charge on any atom is -0.360 e. The number of hydrogen-bond acceptors (Lipinski definition) is 3. The summed E-state index contributed by atoms with van der Waals surface area (Å²) >= 11 is 6.68. The second kappa shape index (κ2) is 7.56. The van der Waals surface area contributed by atoms with Crippen molar-refractivity contribution in [3.8, 4) is 0 Å². The normalized spacial score (nSPS) is 16.6. The molecule has 0 fully saturated rings. The van der Waals surface area contributed by atoms with Crippen LogP contribution in [0.5, 0.6) is 0 Å². The standard InChI is InChI=1S/C22H18ClN3O/c23-19-20(24-16-10-4-1-5-11-16)22(27)26(18-14-8-3-9-15-18)21(19)25-17-12-6-2-7-13-17/h1-15,21,24-25H. The van der Waals surface area contributed by atoms with Crippen molar-refractivity contribution in [2.45, 2.75) is 6.17 Å². The molecule has 0 bridgehead atoms. The fourth-order valence-corrected chi connectivity index (χ4v) is 3.32. The second-order valence-electron chi connectivity index (χ2n) is 6.14. The first-order valence-corrected chi connectivity index (χ1v) is 9.04. The number of benzene rings is 3. The van der Waals surface area contributed by atoms with Crippen LogP contribution in [0.25, 0.3) is 0 Å². The summed E-state index contributed by atoms with van der Waals surface area (Å²) in [5.41, 5.74) is 2.85. The van der Waals surface area contributed by atoms with Gasteiger partial charge in [-0.25, -0.2) is 0 Å². The zero-order valence-electron chi connectivity index (χ0n) is 14.5. The van der Waals surface area contributed by atoms with Crippen molar-refractivity contribution in [2.24, 2.45) is 0 Å².